The number of hydrogen-bond acceptors (Lipinski definition) is 5. The summed E-state index contributed by atoms with van der Waals surface area (Å²) in [5, 5.41) is 13.0. The van der Waals surface area contributed by atoms with Crippen LogP contribution in [-0.2, 0) is 14.2 Å². The third kappa shape index (κ3) is 1.68. The van der Waals surface area contributed by atoms with Gasteiger partial charge in [-0.05, 0) is 19.4 Å². The molecule has 0 bridgehead atoms. The monoisotopic (exact) mass is 215 g/mol. The highest BCUT2D eigenvalue weighted by molar-refractivity contribution is 5.03. The topological polar surface area (TPSA) is 96.7 Å². The van der Waals surface area contributed by atoms with E-state index in [0.29, 0.717) is 0 Å². The second kappa shape index (κ2) is 3.33. The van der Waals surface area contributed by atoms with E-state index >= 15 is 0 Å². The molecule has 3 atom stereocenters. The van der Waals surface area contributed by atoms with Crippen molar-refractivity contribution in [3.05, 3.63) is 10.4 Å². The van der Waals surface area contributed by atoms with Gasteiger partial charge in [0.1, 0.15) is 11.7 Å². The molecule has 2 aliphatic heterocycles. The summed E-state index contributed by atoms with van der Waals surface area (Å²) in [5.74, 6) is -0.791. The van der Waals surface area contributed by atoms with Crippen molar-refractivity contribution in [3.8, 4) is 0 Å². The first-order valence-corrected chi connectivity index (χ1v) is 4.68. The minimum atomic E-state index is -1.03. The van der Waals surface area contributed by atoms with Crippen molar-refractivity contribution in [2.24, 2.45) is 5.11 Å². The lowest BCUT2D eigenvalue weighted by atomic mass is 10.0. The second-order valence-corrected chi connectivity index (χ2v) is 4.20. The van der Waals surface area contributed by atoms with Crippen LogP contribution in [0.1, 0.15) is 13.8 Å². The molecule has 0 amide bonds. The van der Waals surface area contributed by atoms with Gasteiger partial charge in [0.05, 0.1) is 13.2 Å². The fourth-order valence-corrected chi connectivity index (χ4v) is 2.05. The summed E-state index contributed by atoms with van der Waals surface area (Å²) in [6.07, 6.45) is -1.63. The summed E-state index contributed by atoms with van der Waals surface area (Å²) >= 11 is 0. The fourth-order valence-electron chi connectivity index (χ4n) is 2.05. The Morgan fingerprint density at radius 3 is 3.00 bits per heavy atom. The number of ether oxygens (including phenoxy) is 3. The number of hydrogen-bond donors (Lipinski definition) is 1. The van der Waals surface area contributed by atoms with Crippen LogP contribution in [0.4, 0.5) is 0 Å². The minimum Gasteiger partial charge on any atom is -0.366 e. The van der Waals surface area contributed by atoms with Gasteiger partial charge in [-0.1, -0.05) is 5.11 Å². The summed E-state index contributed by atoms with van der Waals surface area (Å²) in [6.45, 7) is 3.75. The highest BCUT2D eigenvalue weighted by Gasteiger charge is 2.60. The Balaban J connectivity index is 2.23. The van der Waals surface area contributed by atoms with E-state index in [1.54, 1.807) is 13.8 Å². The Morgan fingerprint density at radius 1 is 1.60 bits per heavy atom. The van der Waals surface area contributed by atoms with Gasteiger partial charge >= 0.3 is 0 Å². The van der Waals surface area contributed by atoms with E-state index in [9.17, 15) is 5.11 Å². The van der Waals surface area contributed by atoms with E-state index in [1.807, 2.05) is 0 Å². The average molecular weight is 215 g/mol. The van der Waals surface area contributed by atoms with Crippen molar-refractivity contribution < 1.29 is 19.3 Å². The van der Waals surface area contributed by atoms with Gasteiger partial charge in [0.15, 0.2) is 12.1 Å². The third-order valence-corrected chi connectivity index (χ3v) is 2.54. The third-order valence-electron chi connectivity index (χ3n) is 2.54. The van der Waals surface area contributed by atoms with Crippen molar-refractivity contribution in [1.82, 2.24) is 0 Å². The molecule has 2 saturated heterocycles. The fraction of sp³-hybridized carbons (Fsp3) is 1.00. The van der Waals surface area contributed by atoms with Crippen molar-refractivity contribution in [2.75, 3.05) is 13.2 Å². The molecular formula is C8H13N3O4. The summed E-state index contributed by atoms with van der Waals surface area (Å²) in [4.78, 5) is 2.68. The number of aliphatic hydroxyl groups is 1. The van der Waals surface area contributed by atoms with Crippen LogP contribution in [0.5, 0.6) is 0 Å². The van der Waals surface area contributed by atoms with E-state index in [-0.39, 0.29) is 13.2 Å². The van der Waals surface area contributed by atoms with E-state index in [4.69, 9.17) is 19.7 Å². The van der Waals surface area contributed by atoms with Crippen molar-refractivity contribution in [3.63, 3.8) is 0 Å². The van der Waals surface area contributed by atoms with Gasteiger partial charge < -0.3 is 19.3 Å². The quantitative estimate of drug-likeness (QED) is 0.413. The number of nitrogens with zero attached hydrogens (tertiary/aromatic N) is 3. The zero-order valence-electron chi connectivity index (χ0n) is 8.58. The number of aliphatic hydroxyl groups excluding tert-OH is 1. The van der Waals surface area contributed by atoms with Gasteiger partial charge in [0, 0.05) is 4.91 Å². The van der Waals surface area contributed by atoms with Crippen LogP contribution in [0.3, 0.4) is 0 Å². The van der Waals surface area contributed by atoms with E-state index < -0.39 is 23.8 Å². The zero-order valence-corrected chi connectivity index (χ0v) is 8.58. The van der Waals surface area contributed by atoms with Gasteiger partial charge in [-0.15, -0.1) is 0 Å². The summed E-state index contributed by atoms with van der Waals surface area (Å²) in [5.41, 5.74) is 7.45. The highest BCUT2D eigenvalue weighted by Crippen LogP contribution is 2.42. The molecule has 2 rings (SSSR count). The van der Waals surface area contributed by atoms with Crippen molar-refractivity contribution in [1.29, 1.82) is 0 Å². The van der Waals surface area contributed by atoms with Crippen molar-refractivity contribution in [2.45, 2.75) is 37.6 Å². The summed E-state index contributed by atoms with van der Waals surface area (Å²) in [6, 6.07) is 0. The average Bonchev–Trinajstić information content (AvgIpc) is 2.58. The van der Waals surface area contributed by atoms with Crippen LogP contribution in [0.15, 0.2) is 5.11 Å². The Hall–Kier alpha value is -0.850. The Kier molecular flexibility index (Phi) is 2.37. The molecule has 2 aliphatic rings. The van der Waals surface area contributed by atoms with Gasteiger partial charge in [-0.25, -0.2) is 0 Å². The normalized spacial score (nSPS) is 42.3. The molecular weight excluding hydrogens is 202 g/mol. The van der Waals surface area contributed by atoms with Crippen LogP contribution >= 0.6 is 0 Å². The maximum Gasteiger partial charge on any atom is 0.184 e. The molecule has 2 fully saturated rings. The molecule has 0 spiro atoms. The largest absolute Gasteiger partial charge is 0.366 e. The van der Waals surface area contributed by atoms with Crippen LogP contribution in [0.25, 0.3) is 10.4 Å². The molecule has 1 unspecified atom stereocenters. The molecule has 7 nitrogen and oxygen atoms in total. The van der Waals surface area contributed by atoms with Crippen LogP contribution in [-0.4, -0.2) is 42.0 Å². The van der Waals surface area contributed by atoms with Gasteiger partial charge in [-0.2, -0.15) is 0 Å². The molecule has 1 N–H and O–H groups in total. The maximum absolute atomic E-state index is 9.53. The molecule has 84 valence electrons. The molecule has 0 aromatic rings. The smallest absolute Gasteiger partial charge is 0.184 e. The Labute approximate surface area is 86.6 Å². The Bertz CT molecular complexity index is 315. The van der Waals surface area contributed by atoms with Crippen LogP contribution in [0.2, 0.25) is 0 Å². The predicted octanol–water partition coefficient (Wildman–Crippen LogP) is 0.536. The SMILES string of the molecule is CC1(C)O[C@@H]2C(O)OC[C@]2(CN=[N+]=[N-])O1. The van der Waals surface area contributed by atoms with E-state index in [0.717, 1.165) is 0 Å². The predicted molar refractivity (Wildman–Crippen MR) is 48.7 cm³/mol. The molecule has 0 aromatic heterocycles. The molecule has 0 radical (unpaired) electrons. The maximum atomic E-state index is 9.53. The lowest BCUT2D eigenvalue weighted by molar-refractivity contribution is -0.212. The second-order valence-electron chi connectivity index (χ2n) is 4.20. The van der Waals surface area contributed by atoms with Crippen LogP contribution < -0.4 is 0 Å². The van der Waals surface area contributed by atoms with Gasteiger partial charge in [0.25, 0.3) is 0 Å². The van der Waals surface area contributed by atoms with E-state index in [1.165, 1.54) is 0 Å². The van der Waals surface area contributed by atoms with Crippen molar-refractivity contribution >= 4 is 0 Å². The molecule has 2 heterocycles. The summed E-state index contributed by atoms with van der Waals surface area (Å²) < 4.78 is 16.2. The minimum absolute atomic E-state index is 0.0919. The molecule has 0 aliphatic carbocycles. The number of azide groups is 1. The zero-order chi connectivity index (χ0) is 11.1. The molecule has 0 aromatic carbocycles. The highest BCUT2D eigenvalue weighted by atomic mass is 16.8. The van der Waals surface area contributed by atoms with Crippen LogP contribution in [0, 0.1) is 0 Å². The first-order valence-electron chi connectivity index (χ1n) is 4.68. The first kappa shape index (κ1) is 10.7. The standard InChI is InChI=1S/C8H13N3O4/c1-7(2)14-5-6(12)13-4-8(5,15-7)3-10-11-9/h5-6,12H,3-4H2,1-2H3/t5-,6?,8+/m1/s1. The van der Waals surface area contributed by atoms with Gasteiger partial charge in [0.2, 0.25) is 0 Å². The molecule has 15 heavy (non-hydrogen) atoms. The number of rotatable bonds is 2. The first-order chi connectivity index (χ1) is 6.99. The Morgan fingerprint density at radius 2 is 2.33 bits per heavy atom. The summed E-state index contributed by atoms with van der Waals surface area (Å²) in [7, 11) is 0. The molecule has 0 saturated carbocycles. The van der Waals surface area contributed by atoms with E-state index in [2.05, 4.69) is 10.0 Å². The lowest BCUT2D eigenvalue weighted by Gasteiger charge is -2.24. The molecule has 7 heteroatoms. The number of fused-ring (bicyclic) bond motifs is 1. The lowest BCUT2D eigenvalue weighted by Crippen LogP contribution is -2.44. The van der Waals surface area contributed by atoms with Gasteiger partial charge in [-0.3, -0.25) is 0 Å².